The lowest BCUT2D eigenvalue weighted by Gasteiger charge is -2.07. The van der Waals surface area contributed by atoms with Crippen molar-refractivity contribution in [3.05, 3.63) is 41.0 Å². The average Bonchev–Trinajstić information content (AvgIpc) is 3.13. The molecule has 0 unspecified atom stereocenters. The molecule has 2 aliphatic heterocycles. The lowest BCUT2D eigenvalue weighted by molar-refractivity contribution is -0.136. The van der Waals surface area contributed by atoms with Crippen LogP contribution in [0, 0.1) is 0 Å². The second-order valence-corrected chi connectivity index (χ2v) is 6.04. The van der Waals surface area contributed by atoms with Gasteiger partial charge in [-0.2, -0.15) is 0 Å². The van der Waals surface area contributed by atoms with Gasteiger partial charge < -0.3 is 14.2 Å². The Morgan fingerprint density at radius 3 is 2.73 bits per heavy atom. The Labute approximate surface area is 129 Å². The van der Waals surface area contributed by atoms with Crippen LogP contribution in [0.15, 0.2) is 34.8 Å². The quantitative estimate of drug-likeness (QED) is 0.803. The van der Waals surface area contributed by atoms with Crippen LogP contribution in [-0.2, 0) is 19.0 Å². The molecule has 0 bridgehead atoms. The number of nitrogens with zero attached hydrogens (tertiary/aromatic N) is 1. The topological polar surface area (TPSA) is 57.1 Å². The zero-order chi connectivity index (χ0) is 15.7. The van der Waals surface area contributed by atoms with Gasteiger partial charge >= 0.3 is 5.97 Å². The molecule has 3 rings (SSSR count). The van der Waals surface area contributed by atoms with E-state index in [1.165, 1.54) is 7.11 Å². The van der Waals surface area contributed by atoms with Gasteiger partial charge in [0.15, 0.2) is 0 Å². The third-order valence-corrected chi connectivity index (χ3v) is 3.71. The molecule has 5 heteroatoms. The first-order valence-electron chi connectivity index (χ1n) is 7.22. The second-order valence-electron chi connectivity index (χ2n) is 6.04. The number of hydrogen-bond donors (Lipinski definition) is 0. The summed E-state index contributed by atoms with van der Waals surface area (Å²) in [6.45, 7) is 5.34. The minimum Gasteiger partial charge on any atom is -0.475 e. The summed E-state index contributed by atoms with van der Waals surface area (Å²) >= 11 is 0. The lowest BCUT2D eigenvalue weighted by Crippen LogP contribution is -2.17. The van der Waals surface area contributed by atoms with Crippen LogP contribution < -0.4 is 0 Å². The van der Waals surface area contributed by atoms with Gasteiger partial charge in [0.2, 0.25) is 5.90 Å². The van der Waals surface area contributed by atoms with Crippen molar-refractivity contribution in [2.75, 3.05) is 26.9 Å². The normalized spacial score (nSPS) is 19.9. The summed E-state index contributed by atoms with van der Waals surface area (Å²) in [5.41, 5.74) is 3.09. The molecule has 0 aliphatic carbocycles. The average molecular weight is 301 g/mol. The molecule has 1 aromatic carbocycles. The van der Waals surface area contributed by atoms with E-state index in [-0.39, 0.29) is 18.1 Å². The standard InChI is InChI=1S/C17H19NO4/c1-17(2)10-22-15(18-17)12-6-4-5-11(7-12)13-8-21-9-14(13)16(19)20-3/h4-7H,8-10H2,1-3H3. The summed E-state index contributed by atoms with van der Waals surface area (Å²) in [5.74, 6) is 0.305. The molecule has 116 valence electrons. The van der Waals surface area contributed by atoms with Crippen molar-refractivity contribution in [3.8, 4) is 0 Å². The fourth-order valence-corrected chi connectivity index (χ4v) is 2.56. The van der Waals surface area contributed by atoms with Gasteiger partial charge in [-0.25, -0.2) is 9.79 Å². The van der Waals surface area contributed by atoms with Crippen LogP contribution in [0.4, 0.5) is 0 Å². The molecule has 0 aromatic heterocycles. The Kier molecular flexibility index (Phi) is 3.74. The zero-order valence-corrected chi connectivity index (χ0v) is 13.0. The van der Waals surface area contributed by atoms with Gasteiger partial charge in [0, 0.05) is 5.56 Å². The van der Waals surface area contributed by atoms with Crippen LogP contribution in [0.2, 0.25) is 0 Å². The van der Waals surface area contributed by atoms with Crippen LogP contribution in [0.25, 0.3) is 5.57 Å². The molecular weight excluding hydrogens is 282 g/mol. The smallest absolute Gasteiger partial charge is 0.336 e. The van der Waals surface area contributed by atoms with Gasteiger partial charge in [0.05, 0.1) is 31.4 Å². The summed E-state index contributed by atoms with van der Waals surface area (Å²) in [5, 5.41) is 0. The van der Waals surface area contributed by atoms with Gasteiger partial charge in [-0.1, -0.05) is 12.1 Å². The molecule has 2 aliphatic rings. The molecule has 2 heterocycles. The highest BCUT2D eigenvalue weighted by atomic mass is 16.5. The maximum absolute atomic E-state index is 11.8. The van der Waals surface area contributed by atoms with Gasteiger partial charge in [0.25, 0.3) is 0 Å². The van der Waals surface area contributed by atoms with Crippen LogP contribution in [0.1, 0.15) is 25.0 Å². The van der Waals surface area contributed by atoms with Crippen molar-refractivity contribution in [2.24, 2.45) is 4.99 Å². The summed E-state index contributed by atoms with van der Waals surface area (Å²) in [7, 11) is 1.38. The van der Waals surface area contributed by atoms with E-state index in [2.05, 4.69) is 4.99 Å². The van der Waals surface area contributed by atoms with Crippen molar-refractivity contribution in [1.29, 1.82) is 0 Å². The van der Waals surface area contributed by atoms with Crippen molar-refractivity contribution < 1.29 is 19.0 Å². The maximum atomic E-state index is 11.8. The molecule has 5 nitrogen and oxygen atoms in total. The number of benzene rings is 1. The highest BCUT2D eigenvalue weighted by molar-refractivity contribution is 6.00. The molecule has 0 N–H and O–H groups in total. The van der Waals surface area contributed by atoms with E-state index in [0.717, 1.165) is 16.7 Å². The first-order chi connectivity index (χ1) is 10.5. The maximum Gasteiger partial charge on any atom is 0.336 e. The highest BCUT2D eigenvalue weighted by Gasteiger charge is 2.28. The predicted molar refractivity (Wildman–Crippen MR) is 82.8 cm³/mol. The molecule has 0 atom stereocenters. The summed E-state index contributed by atoms with van der Waals surface area (Å²) < 4.78 is 15.9. The molecule has 0 fully saturated rings. The fourth-order valence-electron chi connectivity index (χ4n) is 2.56. The van der Waals surface area contributed by atoms with E-state index >= 15 is 0 Å². The number of rotatable bonds is 3. The van der Waals surface area contributed by atoms with E-state index in [0.29, 0.717) is 24.7 Å². The molecule has 1 aromatic rings. The number of aliphatic imine (C=N–C) groups is 1. The second kappa shape index (κ2) is 5.57. The molecule has 0 radical (unpaired) electrons. The Balaban J connectivity index is 1.97. The van der Waals surface area contributed by atoms with Crippen molar-refractivity contribution in [2.45, 2.75) is 19.4 Å². The molecule has 0 amide bonds. The number of hydrogen-bond acceptors (Lipinski definition) is 5. The number of ether oxygens (including phenoxy) is 3. The number of carbonyl (C=O) groups excluding carboxylic acids is 1. The lowest BCUT2D eigenvalue weighted by atomic mass is 10.00. The minimum absolute atomic E-state index is 0.196. The Morgan fingerprint density at radius 1 is 1.27 bits per heavy atom. The molecule has 0 saturated heterocycles. The molecule has 22 heavy (non-hydrogen) atoms. The van der Waals surface area contributed by atoms with Crippen LogP contribution in [0.3, 0.4) is 0 Å². The summed E-state index contributed by atoms with van der Waals surface area (Å²) in [6, 6.07) is 7.82. The van der Waals surface area contributed by atoms with Crippen molar-refractivity contribution in [1.82, 2.24) is 0 Å². The van der Waals surface area contributed by atoms with Crippen LogP contribution >= 0.6 is 0 Å². The number of methoxy groups -OCH3 is 1. The number of carbonyl (C=O) groups is 1. The first kappa shape index (κ1) is 14.8. The third kappa shape index (κ3) is 2.76. The van der Waals surface area contributed by atoms with E-state index in [4.69, 9.17) is 14.2 Å². The fraction of sp³-hybridized carbons (Fsp3) is 0.412. The summed E-state index contributed by atoms with van der Waals surface area (Å²) in [6.07, 6.45) is 0. The molecule has 0 saturated carbocycles. The van der Waals surface area contributed by atoms with E-state index in [1.807, 2.05) is 38.1 Å². The molecular formula is C17H19NO4. The van der Waals surface area contributed by atoms with Crippen LogP contribution in [-0.4, -0.2) is 44.3 Å². The number of esters is 1. The van der Waals surface area contributed by atoms with Gasteiger partial charge in [-0.05, 0) is 37.1 Å². The predicted octanol–water partition coefficient (Wildman–Crippen LogP) is 2.20. The van der Waals surface area contributed by atoms with E-state index in [1.54, 1.807) is 0 Å². The Bertz CT molecular complexity index is 673. The first-order valence-corrected chi connectivity index (χ1v) is 7.22. The van der Waals surface area contributed by atoms with Gasteiger partial charge in [-0.15, -0.1) is 0 Å². The molecule has 0 spiro atoms. The van der Waals surface area contributed by atoms with Gasteiger partial charge in [-0.3, -0.25) is 0 Å². The largest absolute Gasteiger partial charge is 0.475 e. The van der Waals surface area contributed by atoms with E-state index < -0.39 is 0 Å². The Hall–Kier alpha value is -2.14. The van der Waals surface area contributed by atoms with Crippen molar-refractivity contribution in [3.63, 3.8) is 0 Å². The zero-order valence-electron chi connectivity index (χ0n) is 13.0. The van der Waals surface area contributed by atoms with Crippen LogP contribution in [0.5, 0.6) is 0 Å². The van der Waals surface area contributed by atoms with Gasteiger partial charge in [0.1, 0.15) is 6.61 Å². The summed E-state index contributed by atoms with van der Waals surface area (Å²) in [4.78, 5) is 16.4. The van der Waals surface area contributed by atoms with Crippen molar-refractivity contribution >= 4 is 17.4 Å². The SMILES string of the molecule is COC(=O)C1=C(c2cccc(C3=NC(C)(C)CO3)c2)COC1. The van der Waals surface area contributed by atoms with E-state index in [9.17, 15) is 4.79 Å². The third-order valence-electron chi connectivity index (χ3n) is 3.71. The minimum atomic E-state index is -0.339. The monoisotopic (exact) mass is 301 g/mol. The Morgan fingerprint density at radius 2 is 2.05 bits per heavy atom. The highest BCUT2D eigenvalue weighted by Crippen LogP contribution is 2.28.